The molecule has 0 fully saturated rings. The zero-order valence-corrected chi connectivity index (χ0v) is 13.5. The Morgan fingerprint density at radius 1 is 1.30 bits per heavy atom. The number of fused-ring (bicyclic) bond motifs is 1. The molecule has 0 bridgehead atoms. The van der Waals surface area contributed by atoms with Gasteiger partial charge >= 0.3 is 0 Å². The fraction of sp³-hybridized carbons (Fsp3) is 0.538. The van der Waals surface area contributed by atoms with Gasteiger partial charge in [0.05, 0.1) is 5.75 Å². The number of tetrazole rings is 1. The van der Waals surface area contributed by atoms with Gasteiger partial charge in [-0.2, -0.15) is 5.26 Å². The fourth-order valence-electron chi connectivity index (χ4n) is 2.46. The third-order valence-electron chi connectivity index (χ3n) is 3.65. The highest BCUT2D eigenvalue weighted by atomic mass is 32.2. The average molecular weight is 332 g/mol. The Balaban J connectivity index is 1.85. The minimum atomic E-state index is -0.0417. The van der Waals surface area contributed by atoms with Gasteiger partial charge in [-0.1, -0.05) is 18.2 Å². The number of rotatable bonds is 4. The van der Waals surface area contributed by atoms with Crippen molar-refractivity contribution < 1.29 is 5.11 Å². The van der Waals surface area contributed by atoms with E-state index in [0.29, 0.717) is 11.0 Å². The molecule has 0 saturated heterocycles. The van der Waals surface area contributed by atoms with Crippen molar-refractivity contribution in [2.24, 2.45) is 7.05 Å². The highest BCUT2D eigenvalue weighted by Crippen LogP contribution is 2.24. The van der Waals surface area contributed by atoms with Crippen LogP contribution in [-0.4, -0.2) is 45.8 Å². The molecular formula is C13H16N8OS. The summed E-state index contributed by atoms with van der Waals surface area (Å²) in [4.78, 5) is 0. The average Bonchev–Trinajstić information content (AvgIpc) is 3.05. The molecule has 3 heterocycles. The molecule has 1 aliphatic heterocycles. The van der Waals surface area contributed by atoms with E-state index in [1.54, 1.807) is 7.05 Å². The first kappa shape index (κ1) is 15.5. The molecule has 120 valence electrons. The Hall–Kier alpha value is -2.41. The Morgan fingerprint density at radius 3 is 2.91 bits per heavy atom. The minimum absolute atomic E-state index is 0.0417. The van der Waals surface area contributed by atoms with Gasteiger partial charge in [0, 0.05) is 20.0 Å². The van der Waals surface area contributed by atoms with Crippen molar-refractivity contribution in [3.63, 3.8) is 0 Å². The van der Waals surface area contributed by atoms with Crippen LogP contribution in [0.5, 0.6) is 0 Å². The highest BCUT2D eigenvalue weighted by Gasteiger charge is 2.21. The van der Waals surface area contributed by atoms with Gasteiger partial charge in [-0.3, -0.25) is 0 Å². The third kappa shape index (κ3) is 3.19. The van der Waals surface area contributed by atoms with Crippen LogP contribution in [0, 0.1) is 11.3 Å². The molecule has 1 N–H and O–H groups in total. The number of aliphatic hydroxyl groups is 1. The van der Waals surface area contributed by atoms with E-state index in [1.807, 2.05) is 4.57 Å². The first-order valence-corrected chi connectivity index (χ1v) is 8.29. The summed E-state index contributed by atoms with van der Waals surface area (Å²) in [6.45, 7) is 0.774. The first-order valence-electron chi connectivity index (χ1n) is 7.30. The van der Waals surface area contributed by atoms with Crippen LogP contribution in [0.25, 0.3) is 5.57 Å². The summed E-state index contributed by atoms with van der Waals surface area (Å²) in [6.07, 6.45) is 4.09. The van der Waals surface area contributed by atoms with Gasteiger partial charge in [-0.05, 0) is 23.3 Å². The molecule has 0 amide bonds. The second-order valence-corrected chi connectivity index (χ2v) is 6.15. The maximum atomic E-state index is 10.3. The Kier molecular flexibility index (Phi) is 4.57. The number of aromatic nitrogens is 7. The van der Waals surface area contributed by atoms with Gasteiger partial charge < -0.3 is 9.67 Å². The van der Waals surface area contributed by atoms with Gasteiger partial charge in [0.2, 0.25) is 5.16 Å². The molecule has 0 atom stereocenters. The lowest BCUT2D eigenvalue weighted by atomic mass is 10.2. The second-order valence-electron chi connectivity index (χ2n) is 5.21. The number of thioether (sulfide) groups is 1. The zero-order chi connectivity index (χ0) is 16.2. The molecule has 0 saturated carbocycles. The Morgan fingerprint density at radius 2 is 2.17 bits per heavy atom. The van der Waals surface area contributed by atoms with Crippen molar-refractivity contribution in [2.75, 3.05) is 5.75 Å². The highest BCUT2D eigenvalue weighted by molar-refractivity contribution is 7.99. The molecule has 23 heavy (non-hydrogen) atoms. The lowest BCUT2D eigenvalue weighted by molar-refractivity contribution is 0.419. The predicted molar refractivity (Wildman–Crippen MR) is 82.3 cm³/mol. The molecule has 1 aliphatic rings. The topological polar surface area (TPSA) is 118 Å². The normalized spacial score (nSPS) is 15.5. The molecular weight excluding hydrogens is 316 g/mol. The van der Waals surface area contributed by atoms with E-state index < -0.39 is 0 Å². The third-order valence-corrected chi connectivity index (χ3v) is 4.67. The predicted octanol–water partition coefficient (Wildman–Crippen LogP) is 1.11. The van der Waals surface area contributed by atoms with E-state index in [9.17, 15) is 10.4 Å². The number of hydrogen-bond acceptors (Lipinski definition) is 8. The van der Waals surface area contributed by atoms with Crippen molar-refractivity contribution in [2.45, 2.75) is 37.4 Å². The van der Waals surface area contributed by atoms with Crippen LogP contribution in [0.15, 0.2) is 10.9 Å². The van der Waals surface area contributed by atoms with E-state index >= 15 is 0 Å². The number of hydrogen-bond donors (Lipinski definition) is 1. The molecule has 0 aliphatic carbocycles. The SMILES string of the molecule is Cn1nnnc1SCC(O)=C(C#N)c1nnc2n1CCCCC2. The number of aryl methyl sites for hydroxylation is 2. The van der Waals surface area contributed by atoms with Gasteiger partial charge in [0.1, 0.15) is 23.2 Å². The number of allylic oxidation sites excluding steroid dienone is 1. The maximum absolute atomic E-state index is 10.3. The summed E-state index contributed by atoms with van der Waals surface area (Å²) in [5.41, 5.74) is 0.160. The summed E-state index contributed by atoms with van der Waals surface area (Å²) < 4.78 is 3.45. The van der Waals surface area contributed by atoms with Crippen LogP contribution in [-0.2, 0) is 20.0 Å². The largest absolute Gasteiger partial charge is 0.510 e. The standard InChI is InChI=1S/C13H16N8OS/c1-20-13(17-18-19-20)23-8-10(22)9(7-14)12-16-15-11-5-3-2-4-6-21(11)12/h22H,2-6,8H2,1H3. The first-order chi connectivity index (χ1) is 11.2. The van der Waals surface area contributed by atoms with E-state index in [-0.39, 0.29) is 17.1 Å². The number of nitrogens with zero attached hydrogens (tertiary/aromatic N) is 8. The van der Waals surface area contributed by atoms with Crippen LogP contribution in [0.3, 0.4) is 0 Å². The van der Waals surface area contributed by atoms with Gasteiger partial charge in [0.15, 0.2) is 5.82 Å². The fourth-order valence-corrected chi connectivity index (χ4v) is 3.19. The quantitative estimate of drug-likeness (QED) is 0.502. The monoisotopic (exact) mass is 332 g/mol. The summed E-state index contributed by atoms with van der Waals surface area (Å²) >= 11 is 1.25. The van der Waals surface area contributed by atoms with Crippen LogP contribution >= 0.6 is 11.8 Å². The summed E-state index contributed by atoms with van der Waals surface area (Å²) in [5, 5.41) is 39.7. The number of nitriles is 1. The summed E-state index contributed by atoms with van der Waals surface area (Å²) in [7, 11) is 1.71. The summed E-state index contributed by atoms with van der Waals surface area (Å²) in [6, 6.07) is 2.05. The molecule has 0 radical (unpaired) electrons. The van der Waals surface area contributed by atoms with Crippen molar-refractivity contribution in [1.82, 2.24) is 35.0 Å². The van der Waals surface area contributed by atoms with Crippen LogP contribution in [0.4, 0.5) is 0 Å². The van der Waals surface area contributed by atoms with Gasteiger partial charge in [-0.25, -0.2) is 4.68 Å². The molecule has 9 nitrogen and oxygen atoms in total. The zero-order valence-electron chi connectivity index (χ0n) is 12.7. The van der Waals surface area contributed by atoms with Crippen molar-refractivity contribution >= 4 is 17.3 Å². The van der Waals surface area contributed by atoms with Crippen molar-refractivity contribution in [1.29, 1.82) is 5.26 Å². The van der Waals surface area contributed by atoms with E-state index in [1.165, 1.54) is 16.4 Å². The smallest absolute Gasteiger partial charge is 0.209 e. The van der Waals surface area contributed by atoms with Gasteiger partial charge in [0.25, 0.3) is 0 Å². The van der Waals surface area contributed by atoms with Crippen molar-refractivity contribution in [3.05, 3.63) is 17.4 Å². The summed E-state index contributed by atoms with van der Waals surface area (Å²) in [5.74, 6) is 1.47. The van der Waals surface area contributed by atoms with E-state index in [0.717, 1.165) is 38.1 Å². The van der Waals surface area contributed by atoms with Gasteiger partial charge in [-0.15, -0.1) is 15.3 Å². The maximum Gasteiger partial charge on any atom is 0.209 e. The van der Waals surface area contributed by atoms with Crippen LogP contribution in [0.2, 0.25) is 0 Å². The Bertz CT molecular complexity index is 771. The number of aliphatic hydroxyl groups excluding tert-OH is 1. The molecule has 3 rings (SSSR count). The van der Waals surface area contributed by atoms with E-state index in [2.05, 4.69) is 31.8 Å². The molecule has 2 aromatic heterocycles. The second kappa shape index (κ2) is 6.78. The molecule has 0 spiro atoms. The van der Waals surface area contributed by atoms with Crippen LogP contribution < -0.4 is 0 Å². The molecule has 0 unspecified atom stereocenters. The molecule has 0 aromatic carbocycles. The molecule has 10 heteroatoms. The van der Waals surface area contributed by atoms with E-state index in [4.69, 9.17) is 0 Å². The van der Waals surface area contributed by atoms with Crippen molar-refractivity contribution in [3.8, 4) is 6.07 Å². The minimum Gasteiger partial charge on any atom is -0.510 e. The lowest BCUT2D eigenvalue weighted by Gasteiger charge is -2.07. The van der Waals surface area contributed by atoms with Crippen LogP contribution in [0.1, 0.15) is 30.9 Å². The lowest BCUT2D eigenvalue weighted by Crippen LogP contribution is -2.07. The molecule has 2 aromatic rings. The Labute approximate surface area is 137 Å².